The molecule has 0 heterocycles. The second-order valence-electron chi connectivity index (χ2n) is 3.82. The van der Waals surface area contributed by atoms with Crippen LogP contribution in [0.25, 0.3) is 0 Å². The molecule has 1 saturated carbocycles. The van der Waals surface area contributed by atoms with E-state index in [2.05, 4.69) is 5.32 Å². The molecule has 4 nitrogen and oxygen atoms in total. The van der Waals surface area contributed by atoms with Crippen molar-refractivity contribution < 1.29 is 9.90 Å². The highest BCUT2D eigenvalue weighted by Gasteiger charge is 2.43. The van der Waals surface area contributed by atoms with E-state index in [0.717, 1.165) is 18.6 Å². The van der Waals surface area contributed by atoms with Crippen LogP contribution in [0.2, 0.25) is 0 Å². The van der Waals surface area contributed by atoms with Crippen molar-refractivity contribution in [1.82, 2.24) is 5.32 Å². The lowest BCUT2D eigenvalue weighted by molar-refractivity contribution is -0.123. The van der Waals surface area contributed by atoms with E-state index in [1.54, 1.807) is 11.8 Å². The molecule has 14 heavy (non-hydrogen) atoms. The van der Waals surface area contributed by atoms with Gasteiger partial charge in [0.05, 0.1) is 18.2 Å². The molecule has 1 fully saturated rings. The second-order valence-corrected chi connectivity index (χ2v) is 4.80. The molecule has 4 N–H and O–H groups in total. The number of aliphatic hydroxyl groups is 1. The number of nitrogens with two attached hydrogens (primary N) is 1. The summed E-state index contributed by atoms with van der Waals surface area (Å²) >= 11 is 1.68. The highest BCUT2D eigenvalue weighted by Crippen LogP contribution is 2.34. The number of aliphatic hydroxyl groups excluding tert-OH is 1. The van der Waals surface area contributed by atoms with Crippen LogP contribution in [-0.4, -0.2) is 41.2 Å². The molecule has 0 radical (unpaired) electrons. The van der Waals surface area contributed by atoms with Crippen molar-refractivity contribution in [3.8, 4) is 0 Å². The number of nitrogens with one attached hydrogen (secondary N) is 1. The molecule has 82 valence electrons. The van der Waals surface area contributed by atoms with Crippen molar-refractivity contribution in [3.05, 3.63) is 0 Å². The van der Waals surface area contributed by atoms with Crippen LogP contribution in [0.15, 0.2) is 0 Å². The molecule has 0 bridgehead atoms. The summed E-state index contributed by atoms with van der Waals surface area (Å²) in [6, 6.07) is -0.438. The van der Waals surface area contributed by atoms with Gasteiger partial charge in [0.15, 0.2) is 0 Å². The van der Waals surface area contributed by atoms with Gasteiger partial charge in [-0.3, -0.25) is 4.79 Å². The van der Waals surface area contributed by atoms with Crippen LogP contribution in [-0.2, 0) is 4.79 Å². The van der Waals surface area contributed by atoms with Gasteiger partial charge in [0.25, 0.3) is 0 Å². The van der Waals surface area contributed by atoms with Crippen molar-refractivity contribution in [1.29, 1.82) is 0 Å². The molecule has 0 aromatic heterocycles. The molecule has 1 aliphatic rings. The van der Waals surface area contributed by atoms with Gasteiger partial charge in [0.2, 0.25) is 5.91 Å². The standard InChI is InChI=1S/C9H18N2O2S/c1-14-5-2-7(10)8(13)11-9(6-12)3-4-9/h7,12H,2-6,10H2,1H3,(H,11,13)/t7-/m1/s1. The third kappa shape index (κ3) is 3.15. The highest BCUT2D eigenvalue weighted by atomic mass is 32.2. The maximum absolute atomic E-state index is 11.5. The molecule has 1 rings (SSSR count). The fourth-order valence-electron chi connectivity index (χ4n) is 1.20. The Kier molecular flexibility index (Phi) is 4.22. The van der Waals surface area contributed by atoms with Gasteiger partial charge >= 0.3 is 0 Å². The van der Waals surface area contributed by atoms with E-state index in [4.69, 9.17) is 10.8 Å². The predicted molar refractivity (Wildman–Crippen MR) is 58.2 cm³/mol. The molecule has 0 aromatic carbocycles. The molecule has 1 amide bonds. The average molecular weight is 218 g/mol. The third-order valence-electron chi connectivity index (χ3n) is 2.51. The van der Waals surface area contributed by atoms with Gasteiger partial charge in [-0.25, -0.2) is 0 Å². The zero-order chi connectivity index (χ0) is 10.6. The summed E-state index contributed by atoms with van der Waals surface area (Å²) in [4.78, 5) is 11.5. The number of carbonyl (C=O) groups excluding carboxylic acids is 1. The number of amides is 1. The van der Waals surface area contributed by atoms with E-state index in [1.807, 2.05) is 6.26 Å². The van der Waals surface area contributed by atoms with Crippen molar-refractivity contribution in [2.45, 2.75) is 30.8 Å². The summed E-state index contributed by atoms with van der Waals surface area (Å²) in [6.07, 6.45) is 4.41. The van der Waals surface area contributed by atoms with Crippen LogP contribution >= 0.6 is 11.8 Å². The van der Waals surface area contributed by atoms with Crippen LogP contribution in [0, 0.1) is 0 Å². The maximum atomic E-state index is 11.5. The van der Waals surface area contributed by atoms with Crippen LogP contribution < -0.4 is 11.1 Å². The molecular weight excluding hydrogens is 200 g/mol. The van der Waals surface area contributed by atoms with Crippen LogP contribution in [0.3, 0.4) is 0 Å². The number of thioether (sulfide) groups is 1. The monoisotopic (exact) mass is 218 g/mol. The molecule has 5 heteroatoms. The maximum Gasteiger partial charge on any atom is 0.237 e. The van der Waals surface area contributed by atoms with Crippen LogP contribution in [0.1, 0.15) is 19.3 Å². The van der Waals surface area contributed by atoms with E-state index in [1.165, 1.54) is 0 Å². The summed E-state index contributed by atoms with van der Waals surface area (Å²) in [5.41, 5.74) is 5.35. The smallest absolute Gasteiger partial charge is 0.237 e. The average Bonchev–Trinajstić information content (AvgIpc) is 2.94. The molecular formula is C9H18N2O2S. The molecule has 0 saturated heterocycles. The number of hydrogen-bond donors (Lipinski definition) is 3. The Morgan fingerprint density at radius 1 is 1.71 bits per heavy atom. The van der Waals surface area contributed by atoms with Gasteiger partial charge in [0.1, 0.15) is 0 Å². The topological polar surface area (TPSA) is 75.4 Å². The van der Waals surface area contributed by atoms with Crippen molar-refractivity contribution in [3.63, 3.8) is 0 Å². The van der Waals surface area contributed by atoms with Crippen molar-refractivity contribution >= 4 is 17.7 Å². The van der Waals surface area contributed by atoms with E-state index in [0.29, 0.717) is 6.42 Å². The lowest BCUT2D eigenvalue weighted by Gasteiger charge is -2.17. The summed E-state index contributed by atoms with van der Waals surface area (Å²) < 4.78 is 0. The number of rotatable bonds is 6. The fourth-order valence-corrected chi connectivity index (χ4v) is 1.69. The van der Waals surface area contributed by atoms with Gasteiger partial charge in [-0.1, -0.05) is 0 Å². The molecule has 0 unspecified atom stereocenters. The van der Waals surface area contributed by atoms with Crippen molar-refractivity contribution in [2.24, 2.45) is 5.73 Å². The normalized spacial score (nSPS) is 20.2. The van der Waals surface area contributed by atoms with Crippen LogP contribution in [0.4, 0.5) is 0 Å². The highest BCUT2D eigenvalue weighted by molar-refractivity contribution is 7.98. The van der Waals surface area contributed by atoms with E-state index < -0.39 is 6.04 Å². The Bertz CT molecular complexity index is 207. The molecule has 0 aromatic rings. The largest absolute Gasteiger partial charge is 0.394 e. The predicted octanol–water partition coefficient (Wildman–Crippen LogP) is -0.292. The first kappa shape index (κ1) is 11.8. The summed E-state index contributed by atoms with van der Waals surface area (Å²) in [6.45, 7) is 0.0218. The van der Waals surface area contributed by atoms with Gasteiger partial charge in [-0.15, -0.1) is 0 Å². The van der Waals surface area contributed by atoms with E-state index in [-0.39, 0.29) is 18.1 Å². The number of hydrogen-bond acceptors (Lipinski definition) is 4. The Morgan fingerprint density at radius 2 is 2.36 bits per heavy atom. The minimum atomic E-state index is -0.438. The molecule has 0 aliphatic heterocycles. The summed E-state index contributed by atoms with van der Waals surface area (Å²) in [5, 5.41) is 11.8. The summed E-state index contributed by atoms with van der Waals surface area (Å²) in [7, 11) is 0. The van der Waals surface area contributed by atoms with Crippen LogP contribution in [0.5, 0.6) is 0 Å². The zero-order valence-corrected chi connectivity index (χ0v) is 9.27. The summed E-state index contributed by atoms with van der Waals surface area (Å²) in [5.74, 6) is 0.756. The first-order valence-electron chi connectivity index (χ1n) is 4.81. The first-order valence-corrected chi connectivity index (χ1v) is 6.20. The Morgan fingerprint density at radius 3 is 2.79 bits per heavy atom. The Balaban J connectivity index is 2.27. The van der Waals surface area contributed by atoms with Gasteiger partial charge < -0.3 is 16.2 Å². The molecule has 0 spiro atoms. The van der Waals surface area contributed by atoms with Gasteiger partial charge in [-0.05, 0) is 31.3 Å². The zero-order valence-electron chi connectivity index (χ0n) is 8.45. The molecule has 1 atom stereocenters. The van der Waals surface area contributed by atoms with Gasteiger partial charge in [0, 0.05) is 0 Å². The van der Waals surface area contributed by atoms with E-state index >= 15 is 0 Å². The quantitative estimate of drug-likeness (QED) is 0.572. The fraction of sp³-hybridized carbons (Fsp3) is 0.889. The lowest BCUT2D eigenvalue weighted by Crippen LogP contribution is -2.48. The lowest BCUT2D eigenvalue weighted by atomic mass is 10.2. The Labute approximate surface area is 88.6 Å². The number of carbonyl (C=O) groups is 1. The van der Waals surface area contributed by atoms with Gasteiger partial charge in [-0.2, -0.15) is 11.8 Å². The molecule has 1 aliphatic carbocycles. The third-order valence-corrected chi connectivity index (χ3v) is 3.16. The van der Waals surface area contributed by atoms with E-state index in [9.17, 15) is 4.79 Å². The van der Waals surface area contributed by atoms with Crippen molar-refractivity contribution in [2.75, 3.05) is 18.6 Å². The minimum absolute atomic E-state index is 0.0218. The Hall–Kier alpha value is -0.260. The second kappa shape index (κ2) is 5.00. The SMILES string of the molecule is CSCC[C@@H](N)C(=O)NC1(CO)CC1. The minimum Gasteiger partial charge on any atom is -0.394 e. The first-order chi connectivity index (χ1) is 6.63.